The number of carbonyl (C=O) groups is 2. The topological polar surface area (TPSA) is 86.8 Å². The zero-order valence-electron chi connectivity index (χ0n) is 23.6. The van der Waals surface area contributed by atoms with E-state index in [1.54, 1.807) is 41.3 Å². The van der Waals surface area contributed by atoms with Gasteiger partial charge in [0.1, 0.15) is 6.04 Å². The molecule has 0 aromatic heterocycles. The van der Waals surface area contributed by atoms with Gasteiger partial charge in [0.25, 0.3) is 0 Å². The Kier molecular flexibility index (Phi) is 12.1. The van der Waals surface area contributed by atoms with Crippen LogP contribution in [0.4, 0.5) is 5.69 Å². The van der Waals surface area contributed by atoms with Crippen molar-refractivity contribution in [1.82, 2.24) is 10.2 Å². The van der Waals surface area contributed by atoms with Crippen LogP contribution in [0.25, 0.3) is 0 Å². The van der Waals surface area contributed by atoms with Crippen LogP contribution in [0.5, 0.6) is 0 Å². The van der Waals surface area contributed by atoms with Crippen molar-refractivity contribution in [3.05, 3.63) is 99.5 Å². The molecule has 0 radical (unpaired) electrons. The second kappa shape index (κ2) is 15.2. The van der Waals surface area contributed by atoms with Crippen LogP contribution in [0.3, 0.4) is 0 Å². The van der Waals surface area contributed by atoms with Gasteiger partial charge in [-0.15, -0.1) is 0 Å². The van der Waals surface area contributed by atoms with Crippen molar-refractivity contribution in [2.75, 3.05) is 23.7 Å². The van der Waals surface area contributed by atoms with Gasteiger partial charge < -0.3 is 10.2 Å². The van der Waals surface area contributed by atoms with Gasteiger partial charge in [0, 0.05) is 42.5 Å². The Labute approximate surface area is 253 Å². The number of aryl methyl sites for hydroxylation is 1. The highest BCUT2D eigenvalue weighted by Gasteiger charge is 2.30. The third-order valence-corrected chi connectivity index (χ3v) is 8.30. The fourth-order valence-corrected chi connectivity index (χ4v) is 5.98. The summed E-state index contributed by atoms with van der Waals surface area (Å²) in [5.41, 5.74) is 2.95. The standard InChI is InChI=1S/C31H37Cl2N3O4S/c1-4-17-34-31(38)29(20-24-10-6-5-7-11-24)35(22-25-12-8-13-26(32)19-25)30(37)14-9-18-36(41(3,39)40)28-21-27(33)16-15-23(28)2/h5-8,10-13,15-16,19,21,29H,4,9,14,17-18,20,22H2,1-3H3,(H,34,38)/t29-/m0/s1. The lowest BCUT2D eigenvalue weighted by molar-refractivity contribution is -0.141. The van der Waals surface area contributed by atoms with E-state index < -0.39 is 16.1 Å². The van der Waals surface area contributed by atoms with Gasteiger partial charge in [-0.3, -0.25) is 13.9 Å². The number of benzene rings is 3. The molecule has 0 aliphatic heterocycles. The summed E-state index contributed by atoms with van der Waals surface area (Å²) in [6.07, 6.45) is 2.52. The summed E-state index contributed by atoms with van der Waals surface area (Å²) in [6.45, 7) is 4.54. The molecule has 220 valence electrons. The van der Waals surface area contributed by atoms with E-state index >= 15 is 0 Å². The number of nitrogens with one attached hydrogen (secondary N) is 1. The van der Waals surface area contributed by atoms with Gasteiger partial charge in [-0.1, -0.05) is 78.7 Å². The van der Waals surface area contributed by atoms with Gasteiger partial charge in [-0.05, 0) is 60.7 Å². The fourth-order valence-electron chi connectivity index (χ4n) is 4.59. The molecule has 3 aromatic rings. The number of anilines is 1. The lowest BCUT2D eigenvalue weighted by Gasteiger charge is -2.32. The third-order valence-electron chi connectivity index (χ3n) is 6.65. The maximum atomic E-state index is 13.9. The average molecular weight is 619 g/mol. The highest BCUT2D eigenvalue weighted by atomic mass is 35.5. The molecule has 7 nitrogen and oxygen atoms in total. The van der Waals surface area contributed by atoms with E-state index in [2.05, 4.69) is 5.32 Å². The molecular weight excluding hydrogens is 581 g/mol. The zero-order valence-corrected chi connectivity index (χ0v) is 26.0. The molecule has 0 heterocycles. The first kappa shape index (κ1) is 32.4. The van der Waals surface area contributed by atoms with Crippen LogP contribution in [0.1, 0.15) is 42.9 Å². The van der Waals surface area contributed by atoms with Gasteiger partial charge in [0.2, 0.25) is 21.8 Å². The van der Waals surface area contributed by atoms with E-state index in [9.17, 15) is 18.0 Å². The number of carbonyl (C=O) groups excluding carboxylic acids is 2. The minimum absolute atomic E-state index is 0.0402. The summed E-state index contributed by atoms with van der Waals surface area (Å²) < 4.78 is 26.7. The summed E-state index contributed by atoms with van der Waals surface area (Å²) in [6, 6.07) is 21.1. The van der Waals surface area contributed by atoms with Gasteiger partial charge in [0.05, 0.1) is 11.9 Å². The number of halogens is 2. The molecule has 0 unspecified atom stereocenters. The molecule has 0 spiro atoms. The number of sulfonamides is 1. The van der Waals surface area contributed by atoms with Crippen LogP contribution in [0.15, 0.2) is 72.8 Å². The number of nitrogens with zero attached hydrogens (tertiary/aromatic N) is 2. The van der Waals surface area contributed by atoms with Crippen LogP contribution >= 0.6 is 23.2 Å². The summed E-state index contributed by atoms with van der Waals surface area (Å²) in [4.78, 5) is 28.9. The van der Waals surface area contributed by atoms with Crippen LogP contribution < -0.4 is 9.62 Å². The monoisotopic (exact) mass is 617 g/mol. The normalized spacial score (nSPS) is 12.0. The van der Waals surface area contributed by atoms with E-state index in [0.29, 0.717) is 28.7 Å². The minimum atomic E-state index is -3.64. The molecule has 2 amide bonds. The first-order valence-corrected chi connectivity index (χ1v) is 16.2. The summed E-state index contributed by atoms with van der Waals surface area (Å²) in [5, 5.41) is 3.91. The smallest absolute Gasteiger partial charge is 0.243 e. The van der Waals surface area contributed by atoms with Gasteiger partial charge in [-0.25, -0.2) is 8.42 Å². The van der Waals surface area contributed by atoms with E-state index in [-0.39, 0.29) is 37.7 Å². The van der Waals surface area contributed by atoms with Crippen molar-refractivity contribution in [3.8, 4) is 0 Å². The summed E-state index contributed by atoms with van der Waals surface area (Å²) >= 11 is 12.4. The molecule has 3 rings (SSSR count). The predicted octanol–water partition coefficient (Wildman–Crippen LogP) is 6.01. The Morgan fingerprint density at radius 2 is 1.61 bits per heavy atom. The maximum absolute atomic E-state index is 13.9. The zero-order chi connectivity index (χ0) is 30.0. The van der Waals surface area contributed by atoms with Crippen molar-refractivity contribution in [2.45, 2.75) is 52.1 Å². The van der Waals surface area contributed by atoms with Crippen LogP contribution in [-0.4, -0.2) is 50.5 Å². The second-order valence-corrected chi connectivity index (χ2v) is 12.8. The summed E-state index contributed by atoms with van der Waals surface area (Å²) in [5.74, 6) is -0.493. The van der Waals surface area contributed by atoms with Crippen molar-refractivity contribution in [2.24, 2.45) is 0 Å². The lowest BCUT2D eigenvalue weighted by atomic mass is 10.0. The molecular formula is C31H37Cl2N3O4S. The number of hydrogen-bond donors (Lipinski definition) is 1. The third kappa shape index (κ3) is 9.76. The fraction of sp³-hybridized carbons (Fsp3) is 0.355. The molecule has 1 atom stereocenters. The molecule has 0 fully saturated rings. The van der Waals surface area contributed by atoms with Gasteiger partial charge in [-0.2, -0.15) is 0 Å². The Balaban J connectivity index is 1.89. The SMILES string of the molecule is CCCNC(=O)[C@H](Cc1ccccc1)N(Cc1cccc(Cl)c1)C(=O)CCCN(c1cc(Cl)ccc1C)S(C)(=O)=O. The summed E-state index contributed by atoms with van der Waals surface area (Å²) in [7, 11) is -3.64. The largest absolute Gasteiger partial charge is 0.354 e. The molecule has 10 heteroatoms. The molecule has 41 heavy (non-hydrogen) atoms. The first-order valence-electron chi connectivity index (χ1n) is 13.6. The van der Waals surface area contributed by atoms with Crippen LogP contribution in [0, 0.1) is 6.92 Å². The predicted molar refractivity (Wildman–Crippen MR) is 167 cm³/mol. The molecule has 0 saturated heterocycles. The Bertz CT molecular complexity index is 1430. The maximum Gasteiger partial charge on any atom is 0.243 e. The van der Waals surface area contributed by atoms with E-state index in [1.165, 1.54) is 4.31 Å². The lowest BCUT2D eigenvalue weighted by Crippen LogP contribution is -2.50. The van der Waals surface area contributed by atoms with Crippen molar-refractivity contribution < 1.29 is 18.0 Å². The van der Waals surface area contributed by atoms with E-state index in [4.69, 9.17) is 23.2 Å². The Hall–Kier alpha value is -3.07. The number of hydrogen-bond acceptors (Lipinski definition) is 4. The molecule has 0 bridgehead atoms. The van der Waals surface area contributed by atoms with Crippen LogP contribution in [0.2, 0.25) is 10.0 Å². The number of amides is 2. The number of rotatable bonds is 14. The van der Waals surface area contributed by atoms with Gasteiger partial charge >= 0.3 is 0 Å². The van der Waals surface area contributed by atoms with E-state index in [1.807, 2.05) is 50.2 Å². The van der Waals surface area contributed by atoms with E-state index in [0.717, 1.165) is 29.4 Å². The van der Waals surface area contributed by atoms with Gasteiger partial charge in [0.15, 0.2) is 0 Å². The molecule has 3 aromatic carbocycles. The van der Waals surface area contributed by atoms with Crippen LogP contribution in [-0.2, 0) is 32.6 Å². The molecule has 0 aliphatic rings. The second-order valence-electron chi connectivity index (χ2n) is 10.0. The van der Waals surface area contributed by atoms with Crippen molar-refractivity contribution in [1.29, 1.82) is 0 Å². The molecule has 0 saturated carbocycles. The van der Waals surface area contributed by atoms with Crippen molar-refractivity contribution in [3.63, 3.8) is 0 Å². The minimum Gasteiger partial charge on any atom is -0.354 e. The quantitative estimate of drug-likeness (QED) is 0.240. The Morgan fingerprint density at radius 1 is 0.927 bits per heavy atom. The average Bonchev–Trinajstić information content (AvgIpc) is 2.93. The highest BCUT2D eigenvalue weighted by molar-refractivity contribution is 7.92. The first-order chi connectivity index (χ1) is 19.5. The van der Waals surface area contributed by atoms with Crippen molar-refractivity contribution >= 4 is 50.7 Å². The Morgan fingerprint density at radius 3 is 2.27 bits per heavy atom. The highest BCUT2D eigenvalue weighted by Crippen LogP contribution is 2.27. The molecule has 0 aliphatic carbocycles. The molecule has 1 N–H and O–H groups in total.